The lowest BCUT2D eigenvalue weighted by molar-refractivity contribution is 0.102. The molecule has 0 spiro atoms. The Morgan fingerprint density at radius 3 is 2.54 bits per heavy atom. The zero-order valence-corrected chi connectivity index (χ0v) is 14.8. The molecule has 1 aromatic heterocycles. The van der Waals surface area contributed by atoms with E-state index in [1.807, 2.05) is 30.3 Å². The molecule has 6 heteroatoms. The molecule has 128 valence electrons. The molecule has 0 aliphatic carbocycles. The van der Waals surface area contributed by atoms with Crippen molar-refractivity contribution in [1.82, 2.24) is 0 Å². The molecular formula is C20H11Cl2NO3. The maximum absolute atomic E-state index is 12.5. The molecular weight excluding hydrogens is 373 g/mol. The molecule has 1 heterocycles. The number of nitrogens with one attached hydrogen (secondary N) is 1. The summed E-state index contributed by atoms with van der Waals surface area (Å²) in [5.74, 6) is -0.515. The summed E-state index contributed by atoms with van der Waals surface area (Å²) in [5.41, 5.74) is 0.0841. The Bertz CT molecular complexity index is 1230. The molecule has 4 rings (SSSR count). The summed E-state index contributed by atoms with van der Waals surface area (Å²) < 4.78 is 5.36. The van der Waals surface area contributed by atoms with E-state index in [4.69, 9.17) is 27.6 Å². The van der Waals surface area contributed by atoms with Crippen LogP contribution in [0.15, 0.2) is 69.9 Å². The predicted molar refractivity (Wildman–Crippen MR) is 104 cm³/mol. The number of carbonyl (C=O) groups is 1. The van der Waals surface area contributed by atoms with Crippen LogP contribution in [0.3, 0.4) is 0 Å². The van der Waals surface area contributed by atoms with Crippen LogP contribution in [0, 0.1) is 0 Å². The number of carbonyl (C=O) groups excluding carboxylic acids is 1. The van der Waals surface area contributed by atoms with Crippen molar-refractivity contribution >= 4 is 56.5 Å². The third-order valence-corrected chi connectivity index (χ3v) is 4.61. The van der Waals surface area contributed by atoms with Crippen LogP contribution >= 0.6 is 23.2 Å². The fourth-order valence-corrected chi connectivity index (χ4v) is 3.32. The van der Waals surface area contributed by atoms with E-state index in [1.54, 1.807) is 18.2 Å². The van der Waals surface area contributed by atoms with Gasteiger partial charge in [0.2, 0.25) is 0 Å². The van der Waals surface area contributed by atoms with Gasteiger partial charge in [0, 0.05) is 10.4 Å². The maximum Gasteiger partial charge on any atom is 0.360 e. The van der Waals surface area contributed by atoms with Gasteiger partial charge in [-0.25, -0.2) is 4.79 Å². The van der Waals surface area contributed by atoms with Crippen LogP contribution in [0.5, 0.6) is 0 Å². The zero-order valence-electron chi connectivity index (χ0n) is 13.3. The van der Waals surface area contributed by atoms with E-state index >= 15 is 0 Å². The van der Waals surface area contributed by atoms with Crippen molar-refractivity contribution in [3.63, 3.8) is 0 Å². The molecule has 0 saturated carbocycles. The van der Waals surface area contributed by atoms with Crippen LogP contribution < -0.4 is 10.9 Å². The number of hydrogen-bond acceptors (Lipinski definition) is 3. The fourth-order valence-electron chi connectivity index (χ4n) is 2.82. The van der Waals surface area contributed by atoms with Gasteiger partial charge in [-0.05, 0) is 41.1 Å². The van der Waals surface area contributed by atoms with Gasteiger partial charge < -0.3 is 9.73 Å². The highest BCUT2D eigenvalue weighted by molar-refractivity contribution is 6.37. The molecule has 1 N–H and O–H groups in total. The van der Waals surface area contributed by atoms with Gasteiger partial charge >= 0.3 is 5.63 Å². The maximum atomic E-state index is 12.5. The molecule has 0 atom stereocenters. The summed E-state index contributed by atoms with van der Waals surface area (Å²) in [4.78, 5) is 24.7. The number of halogens is 2. The summed E-state index contributed by atoms with van der Waals surface area (Å²) in [6, 6.07) is 17.5. The smallest absolute Gasteiger partial charge is 0.360 e. The normalized spacial score (nSPS) is 11.0. The molecule has 0 radical (unpaired) electrons. The summed E-state index contributed by atoms with van der Waals surface area (Å²) in [5, 5.41) is 5.86. The summed E-state index contributed by atoms with van der Waals surface area (Å²) in [7, 11) is 0. The lowest BCUT2D eigenvalue weighted by Gasteiger charge is -2.08. The second-order valence-corrected chi connectivity index (χ2v) is 6.57. The van der Waals surface area contributed by atoms with Crippen LogP contribution in [0.25, 0.3) is 21.7 Å². The Kier molecular flexibility index (Phi) is 4.15. The van der Waals surface area contributed by atoms with E-state index in [-0.39, 0.29) is 16.3 Å². The largest absolute Gasteiger partial charge is 0.421 e. The highest BCUT2D eigenvalue weighted by Crippen LogP contribution is 2.27. The van der Waals surface area contributed by atoms with Crippen molar-refractivity contribution in [3.05, 3.63) is 86.7 Å². The van der Waals surface area contributed by atoms with E-state index in [9.17, 15) is 9.59 Å². The number of fused-ring (bicyclic) bond motifs is 3. The van der Waals surface area contributed by atoms with E-state index in [2.05, 4.69) is 5.32 Å². The molecule has 1 amide bonds. The molecule has 0 saturated heterocycles. The van der Waals surface area contributed by atoms with Crippen molar-refractivity contribution in [2.24, 2.45) is 0 Å². The highest BCUT2D eigenvalue weighted by atomic mass is 35.5. The molecule has 0 unspecified atom stereocenters. The van der Waals surface area contributed by atoms with Crippen LogP contribution in [-0.4, -0.2) is 5.91 Å². The van der Waals surface area contributed by atoms with Crippen LogP contribution in [0.2, 0.25) is 10.0 Å². The van der Waals surface area contributed by atoms with E-state index in [0.717, 1.165) is 16.2 Å². The average molecular weight is 384 g/mol. The first-order valence-electron chi connectivity index (χ1n) is 7.75. The highest BCUT2D eigenvalue weighted by Gasteiger charge is 2.15. The van der Waals surface area contributed by atoms with Gasteiger partial charge in [-0.15, -0.1) is 0 Å². The van der Waals surface area contributed by atoms with Gasteiger partial charge in [-0.1, -0.05) is 53.5 Å². The van der Waals surface area contributed by atoms with E-state index < -0.39 is 11.5 Å². The van der Waals surface area contributed by atoms with E-state index in [0.29, 0.717) is 10.6 Å². The van der Waals surface area contributed by atoms with Gasteiger partial charge in [0.15, 0.2) is 0 Å². The molecule has 0 aliphatic rings. The van der Waals surface area contributed by atoms with Crippen LogP contribution in [-0.2, 0) is 0 Å². The molecule has 26 heavy (non-hydrogen) atoms. The minimum absolute atomic E-state index is 0.0462. The lowest BCUT2D eigenvalue weighted by atomic mass is 10.1. The predicted octanol–water partition coefficient (Wildman–Crippen LogP) is 5.51. The third-order valence-electron chi connectivity index (χ3n) is 4.07. The third kappa shape index (κ3) is 2.94. The standard InChI is InChI=1S/C20H11Cl2NO3/c21-12-6-7-14(16(22)9-12)19(24)23-17-10-15-13-4-2-1-3-11(13)5-8-18(15)26-20(17)25/h1-10H,(H,23,24). The monoisotopic (exact) mass is 383 g/mol. The summed E-state index contributed by atoms with van der Waals surface area (Å²) in [6.45, 7) is 0. The van der Waals surface area contributed by atoms with Gasteiger partial charge in [-0.3, -0.25) is 4.79 Å². The Labute approximate surface area is 158 Å². The first kappa shape index (κ1) is 16.6. The Hall–Kier alpha value is -2.82. The molecule has 0 aliphatic heterocycles. The number of anilines is 1. The van der Waals surface area contributed by atoms with Gasteiger partial charge in [0.05, 0.1) is 10.6 Å². The first-order chi connectivity index (χ1) is 12.5. The fraction of sp³-hybridized carbons (Fsp3) is 0. The Balaban J connectivity index is 1.81. The molecule has 4 aromatic rings. The van der Waals surface area contributed by atoms with Crippen molar-refractivity contribution in [2.45, 2.75) is 0 Å². The topological polar surface area (TPSA) is 59.3 Å². The number of hydrogen-bond donors (Lipinski definition) is 1. The quantitative estimate of drug-likeness (QED) is 0.367. The average Bonchev–Trinajstić information content (AvgIpc) is 2.62. The molecule has 0 fully saturated rings. The van der Waals surface area contributed by atoms with E-state index in [1.165, 1.54) is 12.1 Å². The summed E-state index contributed by atoms with van der Waals surface area (Å²) in [6.07, 6.45) is 0. The number of rotatable bonds is 2. The lowest BCUT2D eigenvalue weighted by Crippen LogP contribution is -2.18. The van der Waals surface area contributed by atoms with Gasteiger partial charge in [0.25, 0.3) is 5.91 Å². The van der Waals surface area contributed by atoms with Crippen molar-refractivity contribution < 1.29 is 9.21 Å². The molecule has 0 bridgehead atoms. The number of amides is 1. The zero-order chi connectivity index (χ0) is 18.3. The van der Waals surface area contributed by atoms with Crippen molar-refractivity contribution in [3.8, 4) is 0 Å². The SMILES string of the molecule is O=C(Nc1cc2c(ccc3ccccc32)oc1=O)c1ccc(Cl)cc1Cl. The van der Waals surface area contributed by atoms with Crippen molar-refractivity contribution in [1.29, 1.82) is 0 Å². The second kappa shape index (κ2) is 6.48. The molecule has 3 aromatic carbocycles. The van der Waals surface area contributed by atoms with Crippen molar-refractivity contribution in [2.75, 3.05) is 5.32 Å². The first-order valence-corrected chi connectivity index (χ1v) is 8.50. The second-order valence-electron chi connectivity index (χ2n) is 5.72. The Morgan fingerprint density at radius 1 is 0.923 bits per heavy atom. The van der Waals surface area contributed by atoms with Gasteiger partial charge in [-0.2, -0.15) is 0 Å². The number of benzene rings is 3. The molecule has 4 nitrogen and oxygen atoms in total. The van der Waals surface area contributed by atoms with Crippen LogP contribution in [0.1, 0.15) is 10.4 Å². The Morgan fingerprint density at radius 2 is 1.73 bits per heavy atom. The minimum atomic E-state index is -0.633. The minimum Gasteiger partial charge on any atom is -0.421 e. The van der Waals surface area contributed by atoms with Gasteiger partial charge in [0.1, 0.15) is 11.3 Å². The van der Waals surface area contributed by atoms with Crippen LogP contribution in [0.4, 0.5) is 5.69 Å². The summed E-state index contributed by atoms with van der Waals surface area (Å²) >= 11 is 11.9.